The van der Waals surface area contributed by atoms with Gasteiger partial charge in [-0.2, -0.15) is 0 Å². The van der Waals surface area contributed by atoms with Crippen LogP contribution in [0.4, 0.5) is 10.1 Å². The van der Waals surface area contributed by atoms with E-state index in [0.717, 1.165) is 11.3 Å². The lowest BCUT2D eigenvalue weighted by atomic mass is 10.2. The maximum atomic E-state index is 13.2. The molecular formula is C15H16FNOS. The van der Waals surface area contributed by atoms with Gasteiger partial charge >= 0.3 is 0 Å². The fourth-order valence-corrected chi connectivity index (χ4v) is 2.61. The summed E-state index contributed by atoms with van der Waals surface area (Å²) in [5.74, 6) is 0.0618. The predicted octanol–water partition coefficient (Wildman–Crippen LogP) is 4.26. The fourth-order valence-electron chi connectivity index (χ4n) is 1.79. The third-order valence-electron chi connectivity index (χ3n) is 2.73. The van der Waals surface area contributed by atoms with Crippen LogP contribution >= 0.6 is 11.8 Å². The van der Waals surface area contributed by atoms with Crippen LogP contribution < -0.4 is 5.32 Å². The Hall–Kier alpha value is -1.68. The number of halogens is 1. The van der Waals surface area contributed by atoms with Gasteiger partial charge in [-0.05, 0) is 29.5 Å². The third kappa shape index (κ3) is 3.41. The Morgan fingerprint density at radius 2 is 1.95 bits per heavy atom. The first-order valence-corrected chi connectivity index (χ1v) is 7.13. The van der Waals surface area contributed by atoms with Crippen LogP contribution in [-0.2, 0) is 6.54 Å². The molecule has 0 saturated carbocycles. The molecule has 0 aliphatic rings. The van der Waals surface area contributed by atoms with Gasteiger partial charge in [0.1, 0.15) is 0 Å². The minimum atomic E-state index is -0.610. The van der Waals surface area contributed by atoms with Crippen molar-refractivity contribution in [1.82, 2.24) is 0 Å². The molecule has 0 aliphatic carbocycles. The van der Waals surface area contributed by atoms with Gasteiger partial charge < -0.3 is 10.4 Å². The van der Waals surface area contributed by atoms with E-state index < -0.39 is 5.82 Å². The smallest absolute Gasteiger partial charge is 0.174 e. The number of nitrogens with one attached hydrogen (secondary N) is 1. The molecule has 2 aromatic rings. The van der Waals surface area contributed by atoms with Crippen molar-refractivity contribution in [1.29, 1.82) is 0 Å². The van der Waals surface area contributed by atoms with Gasteiger partial charge in [0, 0.05) is 11.4 Å². The summed E-state index contributed by atoms with van der Waals surface area (Å²) < 4.78 is 13.2. The summed E-state index contributed by atoms with van der Waals surface area (Å²) in [5.41, 5.74) is 1.55. The summed E-state index contributed by atoms with van der Waals surface area (Å²) in [7, 11) is 0. The molecule has 0 aromatic heterocycles. The van der Waals surface area contributed by atoms with Crippen molar-refractivity contribution in [2.45, 2.75) is 18.4 Å². The highest BCUT2D eigenvalue weighted by Gasteiger charge is 2.07. The van der Waals surface area contributed by atoms with E-state index in [9.17, 15) is 9.50 Å². The van der Waals surface area contributed by atoms with Crippen molar-refractivity contribution >= 4 is 17.4 Å². The summed E-state index contributed by atoms with van der Waals surface area (Å²) in [6.45, 7) is 2.66. The highest BCUT2D eigenvalue weighted by molar-refractivity contribution is 7.99. The fraction of sp³-hybridized carbons (Fsp3) is 0.200. The van der Waals surface area contributed by atoms with E-state index in [1.165, 1.54) is 11.0 Å². The van der Waals surface area contributed by atoms with Gasteiger partial charge in [0.25, 0.3) is 0 Å². The normalized spacial score (nSPS) is 10.4. The third-order valence-corrected chi connectivity index (χ3v) is 3.73. The van der Waals surface area contributed by atoms with Crippen molar-refractivity contribution in [2.75, 3.05) is 11.1 Å². The number of phenols is 1. The molecule has 2 aromatic carbocycles. The molecular weight excluding hydrogens is 261 g/mol. The Labute approximate surface area is 116 Å². The topological polar surface area (TPSA) is 32.3 Å². The average Bonchev–Trinajstić information content (AvgIpc) is 2.42. The molecule has 0 unspecified atom stereocenters. The van der Waals surface area contributed by atoms with Crippen molar-refractivity contribution in [2.24, 2.45) is 0 Å². The van der Waals surface area contributed by atoms with E-state index in [1.54, 1.807) is 23.9 Å². The minimum absolute atomic E-state index is 0.330. The molecule has 0 heterocycles. The summed E-state index contributed by atoms with van der Waals surface area (Å²) in [5, 5.41) is 12.7. The largest absolute Gasteiger partial charge is 0.503 e. The summed E-state index contributed by atoms with van der Waals surface area (Å²) in [6, 6.07) is 12.5. The van der Waals surface area contributed by atoms with Crippen LogP contribution in [0.3, 0.4) is 0 Å². The van der Waals surface area contributed by atoms with Crippen LogP contribution in [0.5, 0.6) is 5.75 Å². The van der Waals surface area contributed by atoms with Crippen LogP contribution in [0, 0.1) is 5.82 Å². The second-order valence-corrected chi connectivity index (χ2v) is 5.34. The average molecular weight is 277 g/mol. The maximum Gasteiger partial charge on any atom is 0.174 e. The van der Waals surface area contributed by atoms with Gasteiger partial charge in [0.2, 0.25) is 0 Å². The van der Waals surface area contributed by atoms with Crippen LogP contribution in [0.1, 0.15) is 12.5 Å². The van der Waals surface area contributed by atoms with Crippen LogP contribution in [0.25, 0.3) is 0 Å². The molecule has 0 fully saturated rings. The monoisotopic (exact) mass is 277 g/mol. The number of rotatable bonds is 5. The first kappa shape index (κ1) is 13.7. The quantitative estimate of drug-likeness (QED) is 0.633. The standard InChI is InChI=1S/C15H16FNOS/c1-2-19-14-9-4-3-6-11(14)10-17-13-8-5-7-12(16)15(13)18/h3-9,17-18H,2,10H2,1H3. The van der Waals surface area contributed by atoms with Gasteiger partial charge in [-0.25, -0.2) is 4.39 Å². The zero-order valence-corrected chi connectivity index (χ0v) is 11.5. The molecule has 0 bridgehead atoms. The number of thioether (sulfide) groups is 1. The number of phenolic OH excluding ortho intramolecular Hbond substituents is 1. The first-order chi connectivity index (χ1) is 9.22. The zero-order valence-electron chi connectivity index (χ0n) is 10.7. The van der Waals surface area contributed by atoms with Gasteiger partial charge in [-0.3, -0.25) is 0 Å². The van der Waals surface area contributed by atoms with Crippen molar-refractivity contribution < 1.29 is 9.50 Å². The van der Waals surface area contributed by atoms with E-state index >= 15 is 0 Å². The van der Waals surface area contributed by atoms with Crippen LogP contribution in [-0.4, -0.2) is 10.9 Å². The summed E-state index contributed by atoms with van der Waals surface area (Å²) in [6.07, 6.45) is 0. The predicted molar refractivity (Wildman–Crippen MR) is 78.2 cm³/mol. The Morgan fingerprint density at radius 3 is 2.74 bits per heavy atom. The second kappa shape index (κ2) is 6.48. The molecule has 19 heavy (non-hydrogen) atoms. The molecule has 2 rings (SSSR count). The Morgan fingerprint density at radius 1 is 1.16 bits per heavy atom. The van der Waals surface area contributed by atoms with Crippen LogP contribution in [0.15, 0.2) is 47.4 Å². The number of hydrogen-bond acceptors (Lipinski definition) is 3. The Balaban J connectivity index is 2.12. The maximum absolute atomic E-state index is 13.2. The van der Waals surface area contributed by atoms with E-state index in [1.807, 2.05) is 18.2 Å². The summed E-state index contributed by atoms with van der Waals surface area (Å²) in [4.78, 5) is 1.20. The van der Waals surface area contributed by atoms with E-state index in [4.69, 9.17) is 0 Å². The summed E-state index contributed by atoms with van der Waals surface area (Å²) >= 11 is 1.77. The Bertz CT molecular complexity index is 560. The highest BCUT2D eigenvalue weighted by Crippen LogP contribution is 2.28. The molecule has 2 N–H and O–H groups in total. The minimum Gasteiger partial charge on any atom is -0.503 e. The highest BCUT2D eigenvalue weighted by atomic mass is 32.2. The molecule has 0 amide bonds. The number of aromatic hydroxyl groups is 1. The van der Waals surface area contributed by atoms with Crippen molar-refractivity contribution in [3.63, 3.8) is 0 Å². The lowest BCUT2D eigenvalue weighted by Crippen LogP contribution is -2.01. The molecule has 2 nitrogen and oxygen atoms in total. The molecule has 0 aliphatic heterocycles. The lowest BCUT2D eigenvalue weighted by molar-refractivity contribution is 0.434. The number of benzene rings is 2. The molecule has 0 radical (unpaired) electrons. The SMILES string of the molecule is CCSc1ccccc1CNc1cccc(F)c1O. The Kier molecular flexibility index (Phi) is 4.68. The second-order valence-electron chi connectivity index (χ2n) is 4.03. The van der Waals surface area contributed by atoms with Gasteiger partial charge in [-0.1, -0.05) is 31.2 Å². The molecule has 0 spiro atoms. The van der Waals surface area contributed by atoms with E-state index in [2.05, 4.69) is 18.3 Å². The van der Waals surface area contributed by atoms with Gasteiger partial charge in [0.05, 0.1) is 5.69 Å². The van der Waals surface area contributed by atoms with E-state index in [-0.39, 0.29) is 5.75 Å². The molecule has 0 saturated heterocycles. The first-order valence-electron chi connectivity index (χ1n) is 6.14. The molecule has 4 heteroatoms. The van der Waals surface area contributed by atoms with Gasteiger partial charge in [-0.15, -0.1) is 11.8 Å². The molecule has 100 valence electrons. The van der Waals surface area contributed by atoms with Crippen molar-refractivity contribution in [3.8, 4) is 5.75 Å². The van der Waals surface area contributed by atoms with Crippen LogP contribution in [0.2, 0.25) is 0 Å². The number of hydrogen-bond donors (Lipinski definition) is 2. The lowest BCUT2D eigenvalue weighted by Gasteiger charge is -2.11. The number of para-hydroxylation sites is 1. The zero-order chi connectivity index (χ0) is 13.7. The molecule has 0 atom stereocenters. The van der Waals surface area contributed by atoms with Crippen molar-refractivity contribution in [3.05, 3.63) is 53.8 Å². The van der Waals surface area contributed by atoms with Gasteiger partial charge in [0.15, 0.2) is 11.6 Å². The number of anilines is 1. The van der Waals surface area contributed by atoms with E-state index in [0.29, 0.717) is 12.2 Å².